The second-order valence-corrected chi connectivity index (χ2v) is 19.9. The van der Waals surface area contributed by atoms with Gasteiger partial charge < -0.3 is 9.13 Å². The van der Waals surface area contributed by atoms with Gasteiger partial charge in [-0.15, -0.1) is 22.7 Å². The van der Waals surface area contributed by atoms with Crippen LogP contribution in [0.2, 0.25) is 0 Å². The van der Waals surface area contributed by atoms with Crippen molar-refractivity contribution in [1.29, 1.82) is 0 Å². The molecule has 4 heteroatoms. The van der Waals surface area contributed by atoms with Crippen molar-refractivity contribution >= 4 is 107 Å². The molecule has 0 aliphatic rings. The lowest BCUT2D eigenvalue weighted by molar-refractivity contribution is 0.843. The molecule has 0 aliphatic heterocycles. The average molecular weight is 871 g/mol. The topological polar surface area (TPSA) is 9.86 Å². The summed E-state index contributed by atoms with van der Waals surface area (Å²) < 4.78 is 10.7. The molecule has 0 fully saturated rings. The smallest absolute Gasteiger partial charge is 0.0596 e. The summed E-state index contributed by atoms with van der Waals surface area (Å²) in [4.78, 5) is 0. The molecule has 0 bridgehead atoms. The van der Waals surface area contributed by atoms with Crippen molar-refractivity contribution < 1.29 is 0 Å². The molecular weight excluding hydrogens is 825 g/mol. The van der Waals surface area contributed by atoms with E-state index in [9.17, 15) is 0 Å². The van der Waals surface area contributed by atoms with Crippen LogP contribution in [0.25, 0.3) is 118 Å². The quantitative estimate of drug-likeness (QED) is 0.151. The number of aryl methyl sites for hydroxylation is 2. The fourth-order valence-electron chi connectivity index (χ4n) is 11.3. The summed E-state index contributed by atoms with van der Waals surface area (Å²) in [5.41, 5.74) is 16.6. The molecule has 312 valence electrons. The summed E-state index contributed by atoms with van der Waals surface area (Å²) in [6.45, 7) is 9.44. The van der Waals surface area contributed by atoms with Gasteiger partial charge in [-0.1, -0.05) is 161 Å². The highest BCUT2D eigenvalue weighted by Crippen LogP contribution is 2.52. The first-order valence-electron chi connectivity index (χ1n) is 23.1. The van der Waals surface area contributed by atoms with Crippen LogP contribution in [0, 0.1) is 0 Å². The van der Waals surface area contributed by atoms with E-state index >= 15 is 0 Å². The van der Waals surface area contributed by atoms with E-state index in [1.807, 2.05) is 22.7 Å². The standard InChI is InChI=1S/C61H46N2S2/c1-5-37-19-7-9-21-39(37)47-35-48(40-22-10-8-20-38(40)6-2)59(63-50-28-16-12-26-46(50)57-52(63)34-32-44-42-24-14-18-30-54(42)65-61(44)57)55(36(3)4)58(47)62-49-27-15-11-25-45(49)56-51(62)33-31-43-41-23-13-17-29-53(41)64-60(43)56/h7-36H,5-6H2,1-4H3. The molecular formula is C61H46N2S2. The number of para-hydroxylation sites is 2. The number of fused-ring (bicyclic) bond motifs is 14. The maximum Gasteiger partial charge on any atom is 0.0596 e. The van der Waals surface area contributed by atoms with E-state index in [1.165, 1.54) is 134 Å². The summed E-state index contributed by atoms with van der Waals surface area (Å²) in [5.74, 6) is 0.134. The van der Waals surface area contributed by atoms with Crippen LogP contribution in [-0.2, 0) is 12.8 Å². The van der Waals surface area contributed by atoms with Crippen molar-refractivity contribution in [2.45, 2.75) is 46.5 Å². The number of rotatable bonds is 7. The summed E-state index contributed by atoms with van der Waals surface area (Å²) in [7, 11) is 0. The molecule has 0 aliphatic carbocycles. The van der Waals surface area contributed by atoms with Crippen molar-refractivity contribution in [2.24, 2.45) is 0 Å². The number of hydrogen-bond acceptors (Lipinski definition) is 2. The highest BCUT2D eigenvalue weighted by Gasteiger charge is 2.31. The first-order chi connectivity index (χ1) is 32.0. The minimum atomic E-state index is 0.134. The Hall–Kier alpha value is -6.98. The van der Waals surface area contributed by atoms with Gasteiger partial charge in [-0.2, -0.15) is 0 Å². The van der Waals surface area contributed by atoms with Crippen LogP contribution in [0.15, 0.2) is 176 Å². The van der Waals surface area contributed by atoms with Gasteiger partial charge >= 0.3 is 0 Å². The zero-order chi connectivity index (χ0) is 43.5. The van der Waals surface area contributed by atoms with E-state index in [4.69, 9.17) is 0 Å². The number of aromatic nitrogens is 2. The van der Waals surface area contributed by atoms with Crippen LogP contribution in [0.3, 0.4) is 0 Å². The maximum absolute atomic E-state index is 2.66. The molecule has 0 saturated heterocycles. The summed E-state index contributed by atoms with van der Waals surface area (Å²) in [6.07, 6.45) is 1.87. The maximum atomic E-state index is 2.66. The van der Waals surface area contributed by atoms with Crippen molar-refractivity contribution in [3.8, 4) is 33.6 Å². The number of nitrogens with zero attached hydrogens (tertiary/aromatic N) is 2. The van der Waals surface area contributed by atoms with Crippen LogP contribution in [0.5, 0.6) is 0 Å². The van der Waals surface area contributed by atoms with Gasteiger partial charge in [0.15, 0.2) is 0 Å². The van der Waals surface area contributed by atoms with Gasteiger partial charge in [0.2, 0.25) is 0 Å². The van der Waals surface area contributed by atoms with Gasteiger partial charge in [-0.05, 0) is 83.5 Å². The fraction of sp³-hybridized carbons (Fsp3) is 0.115. The molecule has 0 N–H and O–H groups in total. The Morgan fingerprint density at radius 3 is 1.23 bits per heavy atom. The summed E-state index contributed by atoms with van der Waals surface area (Å²) >= 11 is 3.85. The van der Waals surface area contributed by atoms with Gasteiger partial charge in [0.25, 0.3) is 0 Å². The van der Waals surface area contributed by atoms with E-state index < -0.39 is 0 Å². The highest BCUT2D eigenvalue weighted by molar-refractivity contribution is 7.27. The first-order valence-corrected chi connectivity index (χ1v) is 24.7. The van der Waals surface area contributed by atoms with E-state index in [0.717, 1.165) is 12.8 Å². The first kappa shape index (κ1) is 38.5. The van der Waals surface area contributed by atoms with Crippen LogP contribution in [0.4, 0.5) is 0 Å². The van der Waals surface area contributed by atoms with Gasteiger partial charge in [0, 0.05) is 78.6 Å². The van der Waals surface area contributed by atoms with Gasteiger partial charge in [-0.25, -0.2) is 0 Å². The molecule has 9 aromatic carbocycles. The minimum absolute atomic E-state index is 0.134. The zero-order valence-corrected chi connectivity index (χ0v) is 38.6. The SMILES string of the molecule is CCc1ccccc1-c1cc(-c2ccccc2CC)c(-n2c3ccccc3c3c4sc5ccccc5c4ccc32)c(C(C)C)c1-n1c2ccccc2c2c3sc4ccccc4c3ccc21. The third-order valence-corrected chi connectivity index (χ3v) is 16.5. The lowest BCUT2D eigenvalue weighted by atomic mass is 9.84. The van der Waals surface area contributed by atoms with Crippen molar-refractivity contribution in [3.05, 3.63) is 193 Å². The molecule has 0 amide bonds. The Balaban J connectivity index is 1.28. The van der Waals surface area contributed by atoms with E-state index in [0.29, 0.717) is 0 Å². The molecule has 4 heterocycles. The molecule has 0 spiro atoms. The van der Waals surface area contributed by atoms with Gasteiger partial charge in [0.05, 0.1) is 33.4 Å². The number of benzene rings is 9. The molecule has 0 radical (unpaired) electrons. The number of thiophene rings is 2. The Kier molecular flexibility index (Phi) is 8.75. The predicted octanol–water partition coefficient (Wildman–Crippen LogP) is 18.2. The molecule has 13 rings (SSSR count). The summed E-state index contributed by atoms with van der Waals surface area (Å²) in [6, 6.07) is 66.6. The highest BCUT2D eigenvalue weighted by atomic mass is 32.1. The van der Waals surface area contributed by atoms with Crippen molar-refractivity contribution in [1.82, 2.24) is 9.13 Å². The Morgan fingerprint density at radius 1 is 0.385 bits per heavy atom. The third-order valence-electron chi connectivity index (χ3n) is 14.1. The van der Waals surface area contributed by atoms with Crippen LogP contribution < -0.4 is 0 Å². The van der Waals surface area contributed by atoms with E-state index in [2.05, 4.69) is 213 Å². The predicted molar refractivity (Wildman–Crippen MR) is 285 cm³/mol. The second kappa shape index (κ2) is 14.8. The molecule has 0 atom stereocenters. The van der Waals surface area contributed by atoms with Crippen LogP contribution in [-0.4, -0.2) is 9.13 Å². The second-order valence-electron chi connectivity index (χ2n) is 17.8. The number of hydrogen-bond donors (Lipinski definition) is 0. The summed E-state index contributed by atoms with van der Waals surface area (Å²) in [5, 5.41) is 10.5. The molecule has 0 unspecified atom stereocenters. The van der Waals surface area contributed by atoms with Crippen LogP contribution >= 0.6 is 22.7 Å². The lowest BCUT2D eigenvalue weighted by Crippen LogP contribution is -2.12. The Bertz CT molecular complexity index is 3820. The molecule has 0 saturated carbocycles. The van der Waals surface area contributed by atoms with Crippen molar-refractivity contribution in [3.63, 3.8) is 0 Å². The Morgan fingerprint density at radius 2 is 0.785 bits per heavy atom. The molecule has 13 aromatic rings. The average Bonchev–Trinajstić information content (AvgIpc) is 4.11. The zero-order valence-electron chi connectivity index (χ0n) is 36.9. The molecule has 4 aromatic heterocycles. The van der Waals surface area contributed by atoms with E-state index in [1.54, 1.807) is 0 Å². The third kappa shape index (κ3) is 5.51. The molecule has 65 heavy (non-hydrogen) atoms. The molecule has 2 nitrogen and oxygen atoms in total. The van der Waals surface area contributed by atoms with E-state index in [-0.39, 0.29) is 5.92 Å². The fourth-order valence-corrected chi connectivity index (χ4v) is 13.8. The minimum Gasteiger partial charge on any atom is -0.308 e. The van der Waals surface area contributed by atoms with Crippen LogP contribution in [0.1, 0.15) is 50.3 Å². The lowest BCUT2D eigenvalue weighted by Gasteiger charge is -2.29. The Labute approximate surface area is 386 Å². The monoisotopic (exact) mass is 870 g/mol. The van der Waals surface area contributed by atoms with Crippen molar-refractivity contribution in [2.75, 3.05) is 0 Å². The van der Waals surface area contributed by atoms with Gasteiger partial charge in [0.1, 0.15) is 0 Å². The largest absolute Gasteiger partial charge is 0.308 e. The normalized spacial score (nSPS) is 12.3. The van der Waals surface area contributed by atoms with Gasteiger partial charge in [-0.3, -0.25) is 0 Å².